The molecule has 1 aliphatic heterocycles. The van der Waals surface area contributed by atoms with E-state index in [1.807, 2.05) is 37.3 Å². The topological polar surface area (TPSA) is 67.3 Å². The second kappa shape index (κ2) is 8.47. The molecule has 0 radical (unpaired) electrons. The van der Waals surface area contributed by atoms with Crippen molar-refractivity contribution >= 4 is 17.8 Å². The van der Waals surface area contributed by atoms with Gasteiger partial charge in [0.25, 0.3) is 0 Å². The van der Waals surface area contributed by atoms with E-state index in [1.54, 1.807) is 13.2 Å². The molecule has 1 saturated heterocycles. The van der Waals surface area contributed by atoms with Gasteiger partial charge in [0.05, 0.1) is 13.7 Å². The Morgan fingerprint density at radius 2 is 1.96 bits per heavy atom. The zero-order valence-corrected chi connectivity index (χ0v) is 15.2. The first kappa shape index (κ1) is 17.9. The molecule has 0 spiro atoms. The lowest BCUT2D eigenvalue weighted by Crippen LogP contribution is -2.24. The smallest absolute Gasteiger partial charge is 0.244 e. The van der Waals surface area contributed by atoms with Gasteiger partial charge in [-0.3, -0.25) is 4.79 Å². The van der Waals surface area contributed by atoms with Crippen LogP contribution in [0.2, 0.25) is 0 Å². The molecule has 1 aromatic heterocycles. The summed E-state index contributed by atoms with van der Waals surface area (Å²) in [6, 6.07) is 9.51. The molecule has 1 amide bonds. The molecule has 0 aliphatic carbocycles. The van der Waals surface area contributed by atoms with Crippen molar-refractivity contribution < 1.29 is 9.53 Å². The predicted molar refractivity (Wildman–Crippen MR) is 102 cm³/mol. The molecule has 1 aliphatic rings. The average Bonchev–Trinajstić information content (AvgIpc) is 3.19. The van der Waals surface area contributed by atoms with Crippen molar-refractivity contribution in [2.75, 3.05) is 25.1 Å². The van der Waals surface area contributed by atoms with Gasteiger partial charge in [-0.1, -0.05) is 12.1 Å². The Hall–Kier alpha value is -2.89. The largest absolute Gasteiger partial charge is 0.497 e. The molecule has 0 saturated carbocycles. The maximum Gasteiger partial charge on any atom is 0.244 e. The van der Waals surface area contributed by atoms with Gasteiger partial charge in [0.2, 0.25) is 5.91 Å². The van der Waals surface area contributed by atoms with Gasteiger partial charge in [-0.05, 0) is 43.5 Å². The summed E-state index contributed by atoms with van der Waals surface area (Å²) in [6.45, 7) is 4.34. The quantitative estimate of drug-likeness (QED) is 0.810. The van der Waals surface area contributed by atoms with Crippen molar-refractivity contribution in [2.45, 2.75) is 26.3 Å². The van der Waals surface area contributed by atoms with Crippen LogP contribution in [0.1, 0.15) is 29.9 Å². The number of nitrogens with zero attached hydrogens (tertiary/aromatic N) is 3. The van der Waals surface area contributed by atoms with E-state index in [-0.39, 0.29) is 5.91 Å². The molecule has 2 heterocycles. The highest BCUT2D eigenvalue weighted by atomic mass is 16.5. The number of nitrogens with one attached hydrogen (secondary N) is 1. The lowest BCUT2D eigenvalue weighted by Gasteiger charge is -2.17. The number of amides is 1. The lowest BCUT2D eigenvalue weighted by molar-refractivity contribution is -0.116. The van der Waals surface area contributed by atoms with Crippen LogP contribution < -0.4 is 15.0 Å². The number of carbonyl (C=O) groups excluding carboxylic acids is 1. The van der Waals surface area contributed by atoms with Crippen LogP contribution in [0.5, 0.6) is 5.75 Å². The third-order valence-corrected chi connectivity index (χ3v) is 4.28. The van der Waals surface area contributed by atoms with Gasteiger partial charge >= 0.3 is 0 Å². The summed E-state index contributed by atoms with van der Waals surface area (Å²) >= 11 is 0. The summed E-state index contributed by atoms with van der Waals surface area (Å²) in [7, 11) is 1.63. The van der Waals surface area contributed by atoms with E-state index < -0.39 is 0 Å². The number of aromatic nitrogens is 2. The molecular weight excluding hydrogens is 328 g/mol. The highest BCUT2D eigenvalue weighted by Gasteiger charge is 2.15. The van der Waals surface area contributed by atoms with Crippen molar-refractivity contribution in [1.29, 1.82) is 0 Å². The number of hydrogen-bond acceptors (Lipinski definition) is 5. The maximum atomic E-state index is 12.1. The van der Waals surface area contributed by atoms with Gasteiger partial charge in [-0.15, -0.1) is 0 Å². The summed E-state index contributed by atoms with van der Waals surface area (Å²) in [5.41, 5.74) is 1.85. The number of rotatable bonds is 6. The van der Waals surface area contributed by atoms with Crippen LogP contribution in [-0.2, 0) is 11.3 Å². The van der Waals surface area contributed by atoms with E-state index in [0.29, 0.717) is 12.4 Å². The first-order chi connectivity index (χ1) is 12.6. The molecule has 6 nitrogen and oxygen atoms in total. The average molecular weight is 352 g/mol. The van der Waals surface area contributed by atoms with Gasteiger partial charge in [-0.2, -0.15) is 0 Å². The first-order valence-corrected chi connectivity index (χ1v) is 8.83. The molecule has 0 atom stereocenters. The van der Waals surface area contributed by atoms with Crippen LogP contribution in [0.3, 0.4) is 0 Å². The molecule has 3 rings (SSSR count). The van der Waals surface area contributed by atoms with Crippen molar-refractivity contribution in [1.82, 2.24) is 15.3 Å². The lowest BCUT2D eigenvalue weighted by atomic mass is 10.2. The van der Waals surface area contributed by atoms with E-state index in [9.17, 15) is 4.79 Å². The van der Waals surface area contributed by atoms with E-state index in [4.69, 9.17) is 4.74 Å². The van der Waals surface area contributed by atoms with Crippen molar-refractivity contribution in [3.8, 4) is 5.75 Å². The molecule has 1 N–H and O–H groups in total. The van der Waals surface area contributed by atoms with Gasteiger partial charge in [0, 0.05) is 30.9 Å². The van der Waals surface area contributed by atoms with Crippen LogP contribution in [0.4, 0.5) is 5.82 Å². The van der Waals surface area contributed by atoms with Gasteiger partial charge < -0.3 is 15.0 Å². The third-order valence-electron chi connectivity index (χ3n) is 4.28. The molecule has 0 unspecified atom stereocenters. The maximum absolute atomic E-state index is 12.1. The fourth-order valence-corrected chi connectivity index (χ4v) is 2.91. The van der Waals surface area contributed by atoms with E-state index in [2.05, 4.69) is 20.2 Å². The SMILES string of the molecule is COc1ccc(/C=C/C(=O)NCc2nc(C)cc(N3CCCC3)n2)cc1. The highest BCUT2D eigenvalue weighted by molar-refractivity contribution is 5.91. The summed E-state index contributed by atoms with van der Waals surface area (Å²) in [5, 5.41) is 2.84. The summed E-state index contributed by atoms with van der Waals surface area (Å²) in [6.07, 6.45) is 5.68. The fraction of sp³-hybridized carbons (Fsp3) is 0.350. The molecule has 26 heavy (non-hydrogen) atoms. The van der Waals surface area contributed by atoms with Crippen LogP contribution in [0.25, 0.3) is 6.08 Å². The molecule has 1 aromatic carbocycles. The Morgan fingerprint density at radius 3 is 2.65 bits per heavy atom. The first-order valence-electron chi connectivity index (χ1n) is 8.83. The zero-order chi connectivity index (χ0) is 18.4. The number of methoxy groups -OCH3 is 1. The molecule has 1 fully saturated rings. The Labute approximate surface area is 153 Å². The number of benzene rings is 1. The summed E-state index contributed by atoms with van der Waals surface area (Å²) in [5.74, 6) is 2.21. The number of hydrogen-bond donors (Lipinski definition) is 1. The normalized spacial score (nSPS) is 14.0. The van der Waals surface area contributed by atoms with Gasteiger partial charge in [-0.25, -0.2) is 9.97 Å². The Morgan fingerprint density at radius 1 is 1.23 bits per heavy atom. The highest BCUT2D eigenvalue weighted by Crippen LogP contribution is 2.18. The van der Waals surface area contributed by atoms with Crippen molar-refractivity contribution in [2.24, 2.45) is 0 Å². The molecular formula is C20H24N4O2. The number of anilines is 1. The van der Waals surface area contributed by atoms with Crippen LogP contribution >= 0.6 is 0 Å². The second-order valence-electron chi connectivity index (χ2n) is 6.30. The molecule has 136 valence electrons. The van der Waals surface area contributed by atoms with Crippen LogP contribution in [-0.4, -0.2) is 36.1 Å². The minimum atomic E-state index is -0.173. The zero-order valence-electron chi connectivity index (χ0n) is 15.2. The standard InChI is InChI=1S/C20H24N4O2/c1-15-13-19(24-11-3-4-12-24)23-18(22-15)14-21-20(25)10-7-16-5-8-17(26-2)9-6-16/h5-10,13H,3-4,11-12,14H2,1-2H3,(H,21,25)/b10-7+. The van der Waals surface area contributed by atoms with Crippen molar-refractivity contribution in [3.05, 3.63) is 53.5 Å². The minimum Gasteiger partial charge on any atom is -0.497 e. The van der Waals surface area contributed by atoms with Gasteiger partial charge in [0.15, 0.2) is 0 Å². The number of ether oxygens (including phenoxy) is 1. The monoisotopic (exact) mass is 352 g/mol. The van der Waals surface area contributed by atoms with E-state index in [1.165, 1.54) is 18.9 Å². The number of carbonyl (C=O) groups is 1. The molecule has 2 aromatic rings. The molecule has 6 heteroatoms. The third kappa shape index (κ3) is 4.81. The Balaban J connectivity index is 1.57. The fourth-order valence-electron chi connectivity index (χ4n) is 2.91. The van der Waals surface area contributed by atoms with Crippen LogP contribution in [0.15, 0.2) is 36.4 Å². The van der Waals surface area contributed by atoms with Crippen molar-refractivity contribution in [3.63, 3.8) is 0 Å². The second-order valence-corrected chi connectivity index (χ2v) is 6.30. The Bertz CT molecular complexity index is 781. The van der Waals surface area contributed by atoms with Gasteiger partial charge in [0.1, 0.15) is 17.4 Å². The summed E-state index contributed by atoms with van der Waals surface area (Å²) < 4.78 is 5.12. The predicted octanol–water partition coefficient (Wildman–Crippen LogP) is 2.72. The Kier molecular flexibility index (Phi) is 5.84. The molecule has 0 bridgehead atoms. The summed E-state index contributed by atoms with van der Waals surface area (Å²) in [4.78, 5) is 23.3. The van der Waals surface area contributed by atoms with Crippen LogP contribution in [0, 0.1) is 6.92 Å². The minimum absolute atomic E-state index is 0.173. The number of aryl methyl sites for hydroxylation is 1. The van der Waals surface area contributed by atoms with E-state index in [0.717, 1.165) is 35.9 Å². The van der Waals surface area contributed by atoms with E-state index >= 15 is 0 Å².